The zero-order valence-electron chi connectivity index (χ0n) is 18.9. The van der Waals surface area contributed by atoms with Gasteiger partial charge in [-0.2, -0.15) is 0 Å². The molecule has 0 radical (unpaired) electrons. The molecule has 6 atom stereocenters. The minimum absolute atomic E-state index is 0.202. The Kier molecular flexibility index (Phi) is 4.55. The molecule has 178 valence electrons. The molecule has 0 aromatic heterocycles. The van der Waals surface area contributed by atoms with E-state index in [4.69, 9.17) is 0 Å². The van der Waals surface area contributed by atoms with Crippen LogP contribution in [0.3, 0.4) is 0 Å². The summed E-state index contributed by atoms with van der Waals surface area (Å²) in [7, 11) is 0. The highest BCUT2D eigenvalue weighted by Crippen LogP contribution is 2.64. The molecule has 35 heavy (non-hydrogen) atoms. The van der Waals surface area contributed by atoms with Gasteiger partial charge in [-0.05, 0) is 43.9 Å². The summed E-state index contributed by atoms with van der Waals surface area (Å²) in [5, 5.41) is 13.2. The van der Waals surface area contributed by atoms with E-state index in [1.807, 2.05) is 6.08 Å². The van der Waals surface area contributed by atoms with Crippen LogP contribution < -0.4 is 10.2 Å². The molecule has 2 N–H and O–H groups in total. The Bertz CT molecular complexity index is 1340. The van der Waals surface area contributed by atoms with E-state index in [1.165, 1.54) is 11.0 Å². The highest BCUT2D eigenvalue weighted by molar-refractivity contribution is 6.24. The number of anilines is 1. The number of carbonyl (C=O) groups excluding carboxylic acids is 4. The SMILES string of the molecule is CC12C(=O)N(c3ccccc3)C(=O)C1CC1C(=CCC3C(=O)NC(=O)C31)C2c1cccc(F)c1O. The third kappa shape index (κ3) is 2.76. The lowest BCUT2D eigenvalue weighted by atomic mass is 9.51. The van der Waals surface area contributed by atoms with Gasteiger partial charge >= 0.3 is 0 Å². The lowest BCUT2D eigenvalue weighted by molar-refractivity contribution is -0.131. The number of hydrogen-bond donors (Lipinski definition) is 2. The monoisotopic (exact) mass is 474 g/mol. The number of benzene rings is 2. The van der Waals surface area contributed by atoms with E-state index < -0.39 is 64.3 Å². The van der Waals surface area contributed by atoms with E-state index in [9.17, 15) is 28.7 Å². The van der Waals surface area contributed by atoms with Gasteiger partial charge in [-0.25, -0.2) is 9.29 Å². The molecule has 4 amide bonds. The molecular formula is C27H23FN2O5. The number of aromatic hydroxyl groups is 1. The number of phenols is 1. The lowest BCUT2D eigenvalue weighted by Crippen LogP contribution is -2.48. The fourth-order valence-electron chi connectivity index (χ4n) is 6.86. The first-order valence-electron chi connectivity index (χ1n) is 11.7. The van der Waals surface area contributed by atoms with E-state index >= 15 is 0 Å². The van der Waals surface area contributed by atoms with Gasteiger partial charge in [-0.1, -0.05) is 42.0 Å². The molecule has 8 heteroatoms. The number of nitrogens with one attached hydrogen (secondary N) is 1. The molecule has 6 rings (SSSR count). The summed E-state index contributed by atoms with van der Waals surface area (Å²) in [5.41, 5.74) is 0.0235. The first kappa shape index (κ1) is 21.7. The van der Waals surface area contributed by atoms with Crippen LogP contribution in [0.2, 0.25) is 0 Å². The van der Waals surface area contributed by atoms with Crippen LogP contribution in [0.25, 0.3) is 0 Å². The quantitative estimate of drug-likeness (QED) is 0.514. The fraction of sp³-hybridized carbons (Fsp3) is 0.333. The van der Waals surface area contributed by atoms with Gasteiger partial charge in [0.25, 0.3) is 0 Å². The summed E-state index contributed by atoms with van der Waals surface area (Å²) < 4.78 is 14.5. The molecule has 2 aliphatic carbocycles. The van der Waals surface area contributed by atoms with Gasteiger partial charge in [0.15, 0.2) is 11.6 Å². The largest absolute Gasteiger partial charge is 0.505 e. The third-order valence-corrected chi connectivity index (χ3v) is 8.46. The molecule has 6 unspecified atom stereocenters. The van der Waals surface area contributed by atoms with Crippen LogP contribution in [0.15, 0.2) is 60.2 Å². The van der Waals surface area contributed by atoms with Crippen molar-refractivity contribution in [2.24, 2.45) is 29.1 Å². The summed E-state index contributed by atoms with van der Waals surface area (Å²) in [5.74, 6) is -6.31. The standard InChI is InChI=1S/C27H23FN2O5/c1-27-18(25(34)30(26(27)35)13-6-3-2-4-7-13)12-17-14(10-11-15-20(17)24(33)29-23(15)32)21(27)16-8-5-9-19(28)22(16)31/h2-10,15,17-18,20-21,31H,11-12H2,1H3,(H,29,32,33). The Labute approximate surface area is 200 Å². The van der Waals surface area contributed by atoms with Crippen LogP contribution in [-0.2, 0) is 19.2 Å². The first-order chi connectivity index (χ1) is 16.7. The number of amides is 4. The maximum atomic E-state index is 14.5. The second-order valence-electron chi connectivity index (χ2n) is 10.0. The predicted molar refractivity (Wildman–Crippen MR) is 122 cm³/mol. The second kappa shape index (κ2) is 7.34. The van der Waals surface area contributed by atoms with Crippen molar-refractivity contribution in [3.63, 3.8) is 0 Å². The van der Waals surface area contributed by atoms with Crippen molar-refractivity contribution in [3.8, 4) is 5.75 Å². The summed E-state index contributed by atoms with van der Waals surface area (Å²) >= 11 is 0. The minimum atomic E-state index is -1.31. The number of fused-ring (bicyclic) bond motifs is 4. The minimum Gasteiger partial charge on any atom is -0.505 e. The Morgan fingerprint density at radius 1 is 1.00 bits per heavy atom. The predicted octanol–water partition coefficient (Wildman–Crippen LogP) is 3.05. The molecule has 2 aliphatic heterocycles. The molecule has 4 aliphatic rings. The average Bonchev–Trinajstić information content (AvgIpc) is 3.24. The normalized spacial score (nSPS) is 33.7. The van der Waals surface area contributed by atoms with Crippen molar-refractivity contribution < 1.29 is 28.7 Å². The van der Waals surface area contributed by atoms with Crippen molar-refractivity contribution in [2.45, 2.75) is 25.7 Å². The molecule has 2 aromatic rings. The highest BCUT2D eigenvalue weighted by Gasteiger charge is 2.67. The maximum Gasteiger partial charge on any atom is 0.241 e. The molecule has 1 saturated carbocycles. The smallest absolute Gasteiger partial charge is 0.241 e. The van der Waals surface area contributed by atoms with Gasteiger partial charge in [-0.3, -0.25) is 24.5 Å². The number of allylic oxidation sites excluding steroid dienone is 2. The second-order valence-corrected chi connectivity index (χ2v) is 10.0. The van der Waals surface area contributed by atoms with Gasteiger partial charge in [0.2, 0.25) is 23.6 Å². The molecular weight excluding hydrogens is 451 g/mol. The van der Waals surface area contributed by atoms with Crippen LogP contribution in [0.4, 0.5) is 10.1 Å². The number of para-hydroxylation sites is 2. The number of nitrogens with zero attached hydrogens (tertiary/aromatic N) is 1. The summed E-state index contributed by atoms with van der Waals surface area (Å²) in [6.45, 7) is 1.69. The number of phenolic OH excluding ortho intramolecular Hbond substituents is 1. The Morgan fingerprint density at radius 3 is 2.49 bits per heavy atom. The molecule has 0 spiro atoms. The molecule has 2 aromatic carbocycles. The average molecular weight is 474 g/mol. The zero-order valence-corrected chi connectivity index (χ0v) is 18.9. The number of imide groups is 2. The molecule has 0 bridgehead atoms. The summed E-state index contributed by atoms with van der Waals surface area (Å²) in [6, 6.07) is 12.8. The molecule has 2 heterocycles. The first-order valence-corrected chi connectivity index (χ1v) is 11.7. The van der Waals surface area contributed by atoms with Gasteiger partial charge in [0, 0.05) is 11.5 Å². The maximum absolute atomic E-state index is 14.5. The fourth-order valence-corrected chi connectivity index (χ4v) is 6.86. The van der Waals surface area contributed by atoms with Gasteiger partial charge < -0.3 is 5.11 Å². The van der Waals surface area contributed by atoms with Crippen LogP contribution in [0, 0.1) is 34.9 Å². The van der Waals surface area contributed by atoms with Crippen LogP contribution in [-0.4, -0.2) is 28.7 Å². The molecule has 7 nitrogen and oxygen atoms in total. The van der Waals surface area contributed by atoms with E-state index in [-0.39, 0.29) is 17.9 Å². The van der Waals surface area contributed by atoms with Gasteiger partial charge in [-0.15, -0.1) is 0 Å². The van der Waals surface area contributed by atoms with E-state index in [2.05, 4.69) is 5.32 Å². The van der Waals surface area contributed by atoms with Gasteiger partial charge in [0.05, 0.1) is 28.9 Å². The number of rotatable bonds is 2. The summed E-state index contributed by atoms with van der Waals surface area (Å²) in [6.07, 6.45) is 2.36. The van der Waals surface area contributed by atoms with Crippen molar-refractivity contribution in [2.75, 3.05) is 4.90 Å². The number of hydrogen-bond acceptors (Lipinski definition) is 5. The molecule has 2 saturated heterocycles. The zero-order chi connectivity index (χ0) is 24.6. The Hall–Kier alpha value is -3.81. The summed E-state index contributed by atoms with van der Waals surface area (Å²) in [4.78, 5) is 54.2. The highest BCUT2D eigenvalue weighted by atomic mass is 19.1. The third-order valence-electron chi connectivity index (χ3n) is 8.46. The van der Waals surface area contributed by atoms with Crippen molar-refractivity contribution in [1.82, 2.24) is 5.32 Å². The molecule has 3 fully saturated rings. The van der Waals surface area contributed by atoms with Crippen LogP contribution >= 0.6 is 0 Å². The Morgan fingerprint density at radius 2 is 1.74 bits per heavy atom. The van der Waals surface area contributed by atoms with Crippen molar-refractivity contribution in [1.29, 1.82) is 0 Å². The number of carbonyl (C=O) groups is 4. The lowest BCUT2D eigenvalue weighted by Gasteiger charge is -2.49. The number of halogens is 1. The van der Waals surface area contributed by atoms with E-state index in [0.717, 1.165) is 6.07 Å². The topological polar surface area (TPSA) is 104 Å². The van der Waals surface area contributed by atoms with Gasteiger partial charge in [0.1, 0.15) is 0 Å². The van der Waals surface area contributed by atoms with E-state index in [0.29, 0.717) is 17.7 Å². The Balaban J connectivity index is 1.57. The van der Waals surface area contributed by atoms with Crippen molar-refractivity contribution in [3.05, 3.63) is 71.6 Å². The van der Waals surface area contributed by atoms with E-state index in [1.54, 1.807) is 43.3 Å². The van der Waals surface area contributed by atoms with Crippen LogP contribution in [0.1, 0.15) is 31.2 Å². The van der Waals surface area contributed by atoms with Crippen molar-refractivity contribution >= 4 is 29.3 Å². The van der Waals surface area contributed by atoms with Crippen LogP contribution in [0.5, 0.6) is 5.75 Å².